The van der Waals surface area contributed by atoms with Gasteiger partial charge in [0.05, 0.1) is 17.9 Å². The van der Waals surface area contributed by atoms with Gasteiger partial charge in [0.25, 0.3) is 11.8 Å². The van der Waals surface area contributed by atoms with E-state index >= 15 is 0 Å². The molecule has 0 unspecified atom stereocenters. The number of carbonyl (C=O) groups excluding carboxylic acids is 2. The van der Waals surface area contributed by atoms with Gasteiger partial charge < -0.3 is 20.7 Å². The first kappa shape index (κ1) is 25.6. The van der Waals surface area contributed by atoms with Crippen molar-refractivity contribution in [1.82, 2.24) is 4.98 Å². The van der Waals surface area contributed by atoms with Gasteiger partial charge in [-0.3, -0.25) is 9.59 Å². The van der Waals surface area contributed by atoms with E-state index in [0.29, 0.717) is 41.5 Å². The van der Waals surface area contributed by atoms with Crippen molar-refractivity contribution in [2.75, 3.05) is 30.4 Å². The molecule has 0 fully saturated rings. The van der Waals surface area contributed by atoms with Crippen LogP contribution in [0.5, 0.6) is 5.75 Å². The quantitative estimate of drug-likeness (QED) is 0.307. The molecule has 0 spiro atoms. The molecule has 0 atom stereocenters. The molecule has 4 rings (SSSR count). The Bertz CT molecular complexity index is 1370. The number of hydrogen-bond donors (Lipinski definition) is 2. The number of hydrogen-bond acceptors (Lipinski definition) is 5. The molecule has 7 nitrogen and oxygen atoms in total. The molecule has 1 heterocycles. The number of nitrogens with one attached hydrogen (secondary N) is 1. The number of para-hydroxylation sites is 2. The lowest BCUT2D eigenvalue weighted by Crippen LogP contribution is -2.27. The zero-order valence-corrected chi connectivity index (χ0v) is 21.0. The van der Waals surface area contributed by atoms with Gasteiger partial charge in [-0.2, -0.15) is 0 Å². The van der Waals surface area contributed by atoms with Crippen LogP contribution in [0.1, 0.15) is 32.7 Å². The number of benzene rings is 3. The predicted molar refractivity (Wildman–Crippen MR) is 147 cm³/mol. The topological polar surface area (TPSA) is 97.5 Å². The number of nitrogens with two attached hydrogens (primary N) is 1. The molecule has 37 heavy (non-hydrogen) atoms. The minimum atomic E-state index is -0.275. The summed E-state index contributed by atoms with van der Waals surface area (Å²) in [5.41, 5.74) is 10.1. The van der Waals surface area contributed by atoms with Crippen LogP contribution in [-0.2, 0) is 0 Å². The summed E-state index contributed by atoms with van der Waals surface area (Å²) in [5.74, 6) is 0.442. The second kappa shape index (κ2) is 12.0. The van der Waals surface area contributed by atoms with E-state index in [4.69, 9.17) is 10.5 Å². The average Bonchev–Trinajstić information content (AvgIpc) is 2.93. The minimum absolute atomic E-state index is 0.245. The molecule has 0 aliphatic carbocycles. The third-order valence-corrected chi connectivity index (χ3v) is 5.92. The van der Waals surface area contributed by atoms with E-state index in [-0.39, 0.29) is 11.8 Å². The van der Waals surface area contributed by atoms with Gasteiger partial charge in [-0.05, 0) is 61.3 Å². The SMILES string of the molecule is Cc1ccc(-c2ccccc2C(=O)Nc2ccc(C(=O)N(C)c3ccccc3OCCCN)cn2)cc1. The van der Waals surface area contributed by atoms with Crippen LogP contribution in [0.3, 0.4) is 0 Å². The smallest absolute Gasteiger partial charge is 0.259 e. The van der Waals surface area contributed by atoms with Gasteiger partial charge in [-0.1, -0.05) is 60.2 Å². The van der Waals surface area contributed by atoms with Gasteiger partial charge in [0.2, 0.25) is 0 Å². The zero-order valence-electron chi connectivity index (χ0n) is 21.0. The first-order chi connectivity index (χ1) is 18.0. The molecule has 0 aliphatic rings. The van der Waals surface area contributed by atoms with Crippen molar-refractivity contribution < 1.29 is 14.3 Å². The number of ether oxygens (including phenoxy) is 1. The standard InChI is InChI=1S/C30H30N4O3/c1-21-12-14-22(15-13-21)24-8-3-4-9-25(24)29(35)33-28-17-16-23(20-32-28)30(36)34(2)26-10-5-6-11-27(26)37-19-7-18-31/h3-6,8-17,20H,7,18-19,31H2,1-2H3,(H,32,33,35). The first-order valence-corrected chi connectivity index (χ1v) is 12.1. The first-order valence-electron chi connectivity index (χ1n) is 12.1. The average molecular weight is 495 g/mol. The van der Waals surface area contributed by atoms with Gasteiger partial charge in [-0.15, -0.1) is 0 Å². The minimum Gasteiger partial charge on any atom is -0.491 e. The Kier molecular flexibility index (Phi) is 8.28. The summed E-state index contributed by atoms with van der Waals surface area (Å²) in [4.78, 5) is 32.0. The fourth-order valence-electron chi connectivity index (χ4n) is 3.87. The Morgan fingerprint density at radius 2 is 1.68 bits per heavy atom. The number of amides is 2. The van der Waals surface area contributed by atoms with Crippen LogP contribution in [0, 0.1) is 6.92 Å². The van der Waals surface area contributed by atoms with Crippen LogP contribution >= 0.6 is 0 Å². The van der Waals surface area contributed by atoms with E-state index in [1.807, 2.05) is 73.7 Å². The molecular weight excluding hydrogens is 464 g/mol. The predicted octanol–water partition coefficient (Wildman–Crippen LogP) is 5.31. The van der Waals surface area contributed by atoms with E-state index in [0.717, 1.165) is 23.1 Å². The molecule has 1 aromatic heterocycles. The summed E-state index contributed by atoms with van der Waals surface area (Å²) in [6, 6.07) is 26.1. The molecule has 0 radical (unpaired) electrons. The van der Waals surface area contributed by atoms with Crippen LogP contribution in [0.25, 0.3) is 11.1 Å². The van der Waals surface area contributed by atoms with E-state index in [1.54, 1.807) is 25.2 Å². The van der Waals surface area contributed by atoms with E-state index in [1.165, 1.54) is 11.1 Å². The van der Waals surface area contributed by atoms with E-state index < -0.39 is 0 Å². The fraction of sp³-hybridized carbons (Fsp3) is 0.167. The summed E-state index contributed by atoms with van der Waals surface area (Å²) in [6.45, 7) is 3.03. The third-order valence-electron chi connectivity index (χ3n) is 5.92. The van der Waals surface area contributed by atoms with Crippen molar-refractivity contribution in [2.45, 2.75) is 13.3 Å². The van der Waals surface area contributed by atoms with Crippen molar-refractivity contribution >= 4 is 23.3 Å². The van der Waals surface area contributed by atoms with Crippen LogP contribution in [0.15, 0.2) is 91.1 Å². The number of pyridine rings is 1. The van der Waals surface area contributed by atoms with Crippen molar-refractivity contribution in [3.63, 3.8) is 0 Å². The maximum Gasteiger partial charge on any atom is 0.259 e. The number of anilines is 2. The summed E-state index contributed by atoms with van der Waals surface area (Å²) in [6.07, 6.45) is 2.18. The maximum absolute atomic E-state index is 13.1. The Hall–Kier alpha value is -4.49. The van der Waals surface area contributed by atoms with Crippen LogP contribution in [0.4, 0.5) is 11.5 Å². The fourth-order valence-corrected chi connectivity index (χ4v) is 3.87. The van der Waals surface area contributed by atoms with Crippen LogP contribution < -0.4 is 20.7 Å². The molecule has 2 amide bonds. The number of carbonyl (C=O) groups is 2. The number of aryl methyl sites for hydroxylation is 1. The molecule has 7 heteroatoms. The summed E-state index contributed by atoms with van der Waals surface area (Å²) in [5, 5.41) is 2.84. The lowest BCUT2D eigenvalue weighted by Gasteiger charge is -2.21. The second-order valence-corrected chi connectivity index (χ2v) is 8.62. The third kappa shape index (κ3) is 6.20. The zero-order chi connectivity index (χ0) is 26.2. The van der Waals surface area contributed by atoms with Gasteiger partial charge in [0, 0.05) is 18.8 Å². The molecule has 3 aromatic carbocycles. The lowest BCUT2D eigenvalue weighted by molar-refractivity contribution is 0.0990. The highest BCUT2D eigenvalue weighted by molar-refractivity contribution is 6.09. The largest absolute Gasteiger partial charge is 0.491 e. The van der Waals surface area contributed by atoms with E-state index in [2.05, 4.69) is 10.3 Å². The normalized spacial score (nSPS) is 10.6. The highest BCUT2D eigenvalue weighted by Crippen LogP contribution is 2.29. The lowest BCUT2D eigenvalue weighted by atomic mass is 9.98. The molecule has 0 bridgehead atoms. The van der Waals surface area contributed by atoms with Crippen molar-refractivity contribution in [1.29, 1.82) is 0 Å². The van der Waals surface area contributed by atoms with Crippen molar-refractivity contribution in [3.8, 4) is 16.9 Å². The van der Waals surface area contributed by atoms with Gasteiger partial charge in [-0.25, -0.2) is 4.98 Å². The molecule has 0 aliphatic heterocycles. The van der Waals surface area contributed by atoms with Crippen molar-refractivity contribution in [2.24, 2.45) is 5.73 Å². The molecule has 188 valence electrons. The molecule has 0 saturated carbocycles. The van der Waals surface area contributed by atoms with Crippen LogP contribution in [0.2, 0.25) is 0 Å². The Labute approximate surface area is 216 Å². The van der Waals surface area contributed by atoms with Gasteiger partial charge >= 0.3 is 0 Å². The molecule has 3 N–H and O–H groups in total. The number of nitrogens with zero attached hydrogens (tertiary/aromatic N) is 2. The van der Waals surface area contributed by atoms with Crippen molar-refractivity contribution in [3.05, 3.63) is 108 Å². The maximum atomic E-state index is 13.1. The molecule has 4 aromatic rings. The summed E-state index contributed by atoms with van der Waals surface area (Å²) < 4.78 is 5.80. The Morgan fingerprint density at radius 3 is 2.41 bits per heavy atom. The molecular formula is C30H30N4O3. The Morgan fingerprint density at radius 1 is 0.946 bits per heavy atom. The monoisotopic (exact) mass is 494 g/mol. The molecule has 0 saturated heterocycles. The number of rotatable bonds is 9. The summed E-state index contributed by atoms with van der Waals surface area (Å²) in [7, 11) is 1.69. The van der Waals surface area contributed by atoms with Gasteiger partial charge in [0.15, 0.2) is 0 Å². The van der Waals surface area contributed by atoms with E-state index in [9.17, 15) is 9.59 Å². The Balaban J connectivity index is 1.47. The summed E-state index contributed by atoms with van der Waals surface area (Å²) >= 11 is 0. The second-order valence-electron chi connectivity index (χ2n) is 8.62. The highest BCUT2D eigenvalue weighted by atomic mass is 16.5. The highest BCUT2D eigenvalue weighted by Gasteiger charge is 2.18. The van der Waals surface area contributed by atoms with Crippen LogP contribution in [-0.4, -0.2) is 37.0 Å². The van der Waals surface area contributed by atoms with Gasteiger partial charge in [0.1, 0.15) is 11.6 Å². The number of aromatic nitrogens is 1.